The number of nitrogens with two attached hydrogens (primary N) is 1. The fourth-order valence-electron chi connectivity index (χ4n) is 2.92. The summed E-state index contributed by atoms with van der Waals surface area (Å²) in [6, 6.07) is 2.01. The molecule has 1 unspecified atom stereocenters. The molecule has 1 atom stereocenters. The van der Waals surface area contributed by atoms with Gasteiger partial charge in [-0.25, -0.2) is 4.99 Å². The molecule has 4 N–H and O–H groups in total. The van der Waals surface area contributed by atoms with E-state index in [1.54, 1.807) is 6.20 Å². The molecule has 0 radical (unpaired) electrons. The van der Waals surface area contributed by atoms with E-state index < -0.39 is 0 Å². The molecule has 130 valence electrons. The van der Waals surface area contributed by atoms with Gasteiger partial charge in [0.15, 0.2) is 0 Å². The van der Waals surface area contributed by atoms with Crippen molar-refractivity contribution in [2.75, 3.05) is 25.5 Å². The third kappa shape index (κ3) is 4.88. The van der Waals surface area contributed by atoms with Crippen LogP contribution >= 0.6 is 11.8 Å². The lowest BCUT2D eigenvalue weighted by Gasteiger charge is -2.23. The monoisotopic (exact) mass is 347 g/mol. The number of hydrogen-bond acceptors (Lipinski definition) is 6. The largest absolute Gasteiger partial charge is 0.387 e. The average Bonchev–Trinajstić information content (AvgIpc) is 3.11. The zero-order valence-electron chi connectivity index (χ0n) is 13.8. The van der Waals surface area contributed by atoms with E-state index in [1.807, 2.05) is 23.9 Å². The Kier molecular flexibility index (Phi) is 5.98. The van der Waals surface area contributed by atoms with Crippen LogP contribution in [0.25, 0.3) is 0 Å². The van der Waals surface area contributed by atoms with Crippen LogP contribution in [0.2, 0.25) is 0 Å². The zero-order chi connectivity index (χ0) is 16.8. The van der Waals surface area contributed by atoms with Gasteiger partial charge >= 0.3 is 0 Å². The number of nitrogens with zero attached hydrogens (tertiary/aromatic N) is 2. The predicted molar refractivity (Wildman–Crippen MR) is 98.8 cm³/mol. The number of hydrogen-bond donors (Lipinski definition) is 3. The third-order valence-electron chi connectivity index (χ3n) is 4.30. The third-order valence-corrected chi connectivity index (χ3v) is 5.60. The van der Waals surface area contributed by atoms with Gasteiger partial charge in [0.25, 0.3) is 0 Å². The Bertz CT molecular complexity index is 605. The number of rotatable bonds is 4. The Hall–Kier alpha value is -1.73. The van der Waals surface area contributed by atoms with Gasteiger partial charge in [-0.1, -0.05) is 6.58 Å². The molecule has 0 spiro atoms. The Balaban J connectivity index is 1.66. The summed E-state index contributed by atoms with van der Waals surface area (Å²) >= 11 is 1.85. The topological polar surface area (TPSA) is 88.3 Å². The Morgan fingerprint density at radius 2 is 2.25 bits per heavy atom. The molecule has 1 aromatic rings. The van der Waals surface area contributed by atoms with Crippen LogP contribution in [-0.4, -0.2) is 41.5 Å². The van der Waals surface area contributed by atoms with Gasteiger partial charge in [0.2, 0.25) is 0 Å². The molecule has 0 aliphatic carbocycles. The quantitative estimate of drug-likeness (QED) is 0.778. The molecule has 7 heteroatoms. The molecule has 3 heterocycles. The predicted octanol–water partition coefficient (Wildman–Crippen LogP) is 2.36. The lowest BCUT2D eigenvalue weighted by Crippen LogP contribution is -2.29. The minimum absolute atomic E-state index is 0.253. The minimum Gasteiger partial charge on any atom is -0.387 e. The van der Waals surface area contributed by atoms with Crippen LogP contribution in [0.4, 0.5) is 0 Å². The van der Waals surface area contributed by atoms with Gasteiger partial charge < -0.3 is 15.8 Å². The van der Waals surface area contributed by atoms with Gasteiger partial charge in [-0.15, -0.1) is 11.8 Å². The summed E-state index contributed by atoms with van der Waals surface area (Å²) in [6.45, 7) is 6.72. The first kappa shape index (κ1) is 17.1. The van der Waals surface area contributed by atoms with E-state index in [0.717, 1.165) is 61.9 Å². The van der Waals surface area contributed by atoms with E-state index in [2.05, 4.69) is 27.1 Å². The second kappa shape index (κ2) is 8.39. The van der Waals surface area contributed by atoms with E-state index in [1.165, 1.54) is 0 Å². The maximum Gasteiger partial charge on any atom is 0.125 e. The fourth-order valence-corrected chi connectivity index (χ4v) is 4.10. The Morgan fingerprint density at radius 3 is 3.00 bits per heavy atom. The van der Waals surface area contributed by atoms with Crippen LogP contribution in [0, 0.1) is 5.92 Å². The van der Waals surface area contributed by atoms with E-state index in [0.29, 0.717) is 11.8 Å². The van der Waals surface area contributed by atoms with Crippen molar-refractivity contribution in [3.05, 3.63) is 42.0 Å². The second-order valence-corrected chi connectivity index (χ2v) is 7.42. The van der Waals surface area contributed by atoms with E-state index in [4.69, 9.17) is 10.5 Å². The normalized spacial score (nSPS) is 25.8. The molecule has 2 aliphatic rings. The van der Waals surface area contributed by atoms with Crippen molar-refractivity contribution < 1.29 is 4.74 Å². The molecule has 6 nitrogen and oxygen atoms in total. The van der Waals surface area contributed by atoms with Gasteiger partial charge in [0.1, 0.15) is 5.84 Å². The standard InChI is InChI=1S/C17H25N5OS/c1-12-8-16(15-2-5-20-22-15)24-11-14(9-17(18)21-12)19-10-13-3-6-23-7-4-13/h2,5,9,13,16,19H,1,3-4,6-8,10-11H2,(H2,18,21)(H,20,22)/b14-9+. The van der Waals surface area contributed by atoms with Crippen LogP contribution in [0.1, 0.15) is 30.2 Å². The molecule has 1 aromatic heterocycles. The summed E-state index contributed by atoms with van der Waals surface area (Å²) in [5.41, 5.74) is 9.06. The maximum absolute atomic E-state index is 6.05. The number of aromatic nitrogens is 2. The second-order valence-electron chi connectivity index (χ2n) is 6.22. The molecule has 1 fully saturated rings. The van der Waals surface area contributed by atoms with E-state index >= 15 is 0 Å². The number of ether oxygens (including phenoxy) is 1. The molecule has 0 amide bonds. The average molecular weight is 347 g/mol. The van der Waals surface area contributed by atoms with E-state index in [-0.39, 0.29) is 5.25 Å². The van der Waals surface area contributed by atoms with Crippen molar-refractivity contribution in [1.29, 1.82) is 0 Å². The van der Waals surface area contributed by atoms with Crippen molar-refractivity contribution in [1.82, 2.24) is 15.5 Å². The number of nitrogens with one attached hydrogen (secondary N) is 2. The number of aliphatic imine (C=N–C) groups is 1. The SMILES string of the molecule is C=C1CC(c2ccn[nH]2)SC/C(NCC2CCOCC2)=C\C(N)=N1. The fraction of sp³-hybridized carbons (Fsp3) is 0.529. The summed E-state index contributed by atoms with van der Waals surface area (Å²) in [4.78, 5) is 4.42. The lowest BCUT2D eigenvalue weighted by atomic mass is 10.0. The van der Waals surface area contributed by atoms with Crippen molar-refractivity contribution in [3.8, 4) is 0 Å². The number of allylic oxidation sites excluding steroid dienone is 1. The lowest BCUT2D eigenvalue weighted by molar-refractivity contribution is 0.0670. The molecular formula is C17H25N5OS. The number of amidine groups is 1. The molecular weight excluding hydrogens is 322 g/mol. The van der Waals surface area contributed by atoms with Crippen LogP contribution in [0.15, 0.2) is 41.3 Å². The smallest absolute Gasteiger partial charge is 0.125 e. The highest BCUT2D eigenvalue weighted by molar-refractivity contribution is 7.99. The molecule has 0 bridgehead atoms. The van der Waals surface area contributed by atoms with E-state index in [9.17, 15) is 0 Å². The van der Waals surface area contributed by atoms with Crippen molar-refractivity contribution in [2.24, 2.45) is 16.6 Å². The van der Waals surface area contributed by atoms with Crippen molar-refractivity contribution >= 4 is 17.6 Å². The van der Waals surface area contributed by atoms with Gasteiger partial charge in [0.05, 0.1) is 5.25 Å². The van der Waals surface area contributed by atoms with Crippen LogP contribution in [0.3, 0.4) is 0 Å². The minimum atomic E-state index is 0.253. The van der Waals surface area contributed by atoms with Crippen molar-refractivity contribution in [2.45, 2.75) is 24.5 Å². The molecule has 2 aliphatic heterocycles. The first-order valence-electron chi connectivity index (χ1n) is 8.35. The highest BCUT2D eigenvalue weighted by Crippen LogP contribution is 2.35. The van der Waals surface area contributed by atoms with Gasteiger partial charge in [-0.3, -0.25) is 5.10 Å². The molecule has 24 heavy (non-hydrogen) atoms. The first-order valence-corrected chi connectivity index (χ1v) is 9.40. The number of thioether (sulfide) groups is 1. The summed E-state index contributed by atoms with van der Waals surface area (Å²) < 4.78 is 5.42. The van der Waals surface area contributed by atoms with Crippen LogP contribution < -0.4 is 11.1 Å². The summed E-state index contributed by atoms with van der Waals surface area (Å²) in [7, 11) is 0. The van der Waals surface area contributed by atoms with Gasteiger partial charge in [0, 0.05) is 55.2 Å². The highest BCUT2D eigenvalue weighted by Gasteiger charge is 2.19. The maximum atomic E-state index is 6.05. The Labute approximate surface area is 147 Å². The van der Waals surface area contributed by atoms with Gasteiger partial charge in [-0.05, 0) is 30.9 Å². The number of H-pyrrole nitrogens is 1. The van der Waals surface area contributed by atoms with Gasteiger partial charge in [-0.2, -0.15) is 5.10 Å². The Morgan fingerprint density at radius 1 is 1.42 bits per heavy atom. The summed E-state index contributed by atoms with van der Waals surface area (Å²) in [5, 5.41) is 10.9. The summed E-state index contributed by atoms with van der Waals surface area (Å²) in [5.74, 6) is 2.03. The number of aromatic amines is 1. The van der Waals surface area contributed by atoms with Crippen LogP contribution in [0.5, 0.6) is 0 Å². The summed E-state index contributed by atoms with van der Waals surface area (Å²) in [6.07, 6.45) is 6.71. The molecule has 3 rings (SSSR count). The molecule has 0 saturated carbocycles. The van der Waals surface area contributed by atoms with Crippen LogP contribution in [-0.2, 0) is 4.74 Å². The van der Waals surface area contributed by atoms with Crippen molar-refractivity contribution in [3.63, 3.8) is 0 Å². The first-order chi connectivity index (χ1) is 11.7. The molecule has 1 saturated heterocycles. The molecule has 0 aromatic carbocycles. The highest BCUT2D eigenvalue weighted by atomic mass is 32.2. The zero-order valence-corrected chi connectivity index (χ0v) is 14.6.